The smallest absolute Gasteiger partial charge is 0.355 e. The topological polar surface area (TPSA) is 66.6 Å². The molecule has 2 aromatic heterocycles. The molecular weight excluding hydrogens is 353 g/mol. The monoisotopic (exact) mass is 372 g/mol. The van der Waals surface area contributed by atoms with Gasteiger partial charge in [0.1, 0.15) is 0 Å². The highest BCUT2D eigenvalue weighted by Crippen LogP contribution is 2.29. The molecule has 1 unspecified atom stereocenters. The van der Waals surface area contributed by atoms with Crippen molar-refractivity contribution in [3.63, 3.8) is 0 Å². The summed E-state index contributed by atoms with van der Waals surface area (Å²) in [5, 5.41) is 14.7. The number of nitrogens with one attached hydrogen (secondary N) is 2. The fourth-order valence-electron chi connectivity index (χ4n) is 2.63. The zero-order chi connectivity index (χ0) is 17.9. The van der Waals surface area contributed by atoms with Gasteiger partial charge in [0.2, 0.25) is 0 Å². The van der Waals surface area contributed by atoms with Crippen LogP contribution in [0.3, 0.4) is 0 Å². The van der Waals surface area contributed by atoms with Crippen LogP contribution in [0.5, 0.6) is 0 Å². The van der Waals surface area contributed by atoms with Crippen LogP contribution in [0, 0.1) is 0 Å². The Bertz CT molecular complexity index is 751. The van der Waals surface area contributed by atoms with Crippen LogP contribution in [0.4, 0.5) is 13.2 Å². The first-order valence-corrected chi connectivity index (χ1v) is 8.99. The third-order valence-corrected chi connectivity index (χ3v) is 5.36. The maximum Gasteiger partial charge on any atom is 0.417 e. The predicted octanol–water partition coefficient (Wildman–Crippen LogP) is 2.31. The molecule has 2 N–H and O–H groups in total. The maximum absolute atomic E-state index is 12.9. The quantitative estimate of drug-likeness (QED) is 0.637. The Hall–Kier alpha value is -1.97. The third kappa shape index (κ3) is 4.36. The van der Waals surface area contributed by atoms with E-state index in [-0.39, 0.29) is 6.54 Å². The van der Waals surface area contributed by atoms with E-state index in [1.807, 2.05) is 11.8 Å². The van der Waals surface area contributed by atoms with E-state index in [1.165, 1.54) is 29.1 Å². The van der Waals surface area contributed by atoms with Gasteiger partial charge >= 0.3 is 6.18 Å². The van der Waals surface area contributed by atoms with E-state index < -0.39 is 11.7 Å². The van der Waals surface area contributed by atoms with Gasteiger partial charge in [-0.05, 0) is 30.7 Å². The van der Waals surface area contributed by atoms with Crippen molar-refractivity contribution >= 4 is 23.4 Å². The number of halogens is 3. The summed E-state index contributed by atoms with van der Waals surface area (Å²) in [5.41, 5.74) is -0.364. The fourth-order valence-corrected chi connectivity index (χ4v) is 3.83. The fraction of sp³-hybridized carbons (Fsp3) is 0.533. The summed E-state index contributed by atoms with van der Waals surface area (Å²) in [4.78, 5) is 4.13. The summed E-state index contributed by atoms with van der Waals surface area (Å²) in [6.07, 6.45) is -0.975. The Morgan fingerprint density at radius 3 is 2.88 bits per heavy atom. The summed E-state index contributed by atoms with van der Waals surface area (Å²) in [7, 11) is 1.65. The number of nitrogens with zero attached hydrogens (tertiary/aromatic N) is 4. The first-order valence-electron chi connectivity index (χ1n) is 7.94. The van der Waals surface area contributed by atoms with E-state index in [4.69, 9.17) is 0 Å². The molecular formula is C15H19F3N6S. The Morgan fingerprint density at radius 1 is 1.36 bits per heavy atom. The Kier molecular flexibility index (Phi) is 5.36. The summed E-state index contributed by atoms with van der Waals surface area (Å²) < 4.78 is 40.0. The van der Waals surface area contributed by atoms with Crippen molar-refractivity contribution in [3.05, 3.63) is 29.7 Å². The van der Waals surface area contributed by atoms with Gasteiger partial charge in [-0.25, -0.2) is 0 Å². The number of hydrogen-bond acceptors (Lipinski definition) is 4. The number of aromatic nitrogens is 3. The van der Waals surface area contributed by atoms with E-state index in [9.17, 15) is 13.2 Å². The Labute approximate surface area is 147 Å². The van der Waals surface area contributed by atoms with E-state index in [2.05, 4.69) is 25.8 Å². The molecule has 0 aromatic carbocycles. The molecule has 25 heavy (non-hydrogen) atoms. The van der Waals surface area contributed by atoms with E-state index in [1.54, 1.807) is 7.05 Å². The highest BCUT2D eigenvalue weighted by atomic mass is 32.2. The highest BCUT2D eigenvalue weighted by molar-refractivity contribution is 8.00. The molecule has 3 rings (SSSR count). The maximum atomic E-state index is 12.9. The molecule has 0 radical (unpaired) electrons. The van der Waals surface area contributed by atoms with Crippen LogP contribution in [-0.2, 0) is 12.7 Å². The Balaban J connectivity index is 1.65. The van der Waals surface area contributed by atoms with Gasteiger partial charge in [-0.2, -0.15) is 24.9 Å². The van der Waals surface area contributed by atoms with Crippen LogP contribution >= 0.6 is 11.8 Å². The number of hydrogen-bond donors (Lipinski definition) is 2. The lowest BCUT2D eigenvalue weighted by atomic mass is 10.2. The SMILES string of the molecule is CN=C(NCc1nnc2ccc(C(F)(F)F)cn12)NCC1CCCS1. The third-order valence-electron chi connectivity index (χ3n) is 3.96. The van der Waals surface area contributed by atoms with Crippen LogP contribution in [0.25, 0.3) is 5.65 Å². The van der Waals surface area contributed by atoms with Crippen molar-refractivity contribution < 1.29 is 13.2 Å². The molecule has 2 aromatic rings. The van der Waals surface area contributed by atoms with Crippen LogP contribution < -0.4 is 10.6 Å². The average Bonchev–Trinajstić information content (AvgIpc) is 3.23. The van der Waals surface area contributed by atoms with Crippen LogP contribution in [0.2, 0.25) is 0 Å². The van der Waals surface area contributed by atoms with Crippen LogP contribution in [-0.4, -0.2) is 45.2 Å². The van der Waals surface area contributed by atoms with Gasteiger partial charge < -0.3 is 10.6 Å². The molecule has 0 spiro atoms. The summed E-state index contributed by atoms with van der Waals surface area (Å²) in [5.74, 6) is 2.17. The van der Waals surface area contributed by atoms with E-state index in [0.717, 1.165) is 18.8 Å². The first-order chi connectivity index (χ1) is 12.0. The molecule has 0 bridgehead atoms. The molecule has 1 atom stereocenters. The van der Waals surface area contributed by atoms with Gasteiger partial charge in [-0.3, -0.25) is 9.39 Å². The molecule has 0 aliphatic carbocycles. The summed E-state index contributed by atoms with van der Waals surface area (Å²) in [6.45, 7) is 1.03. The number of alkyl halides is 3. The highest BCUT2D eigenvalue weighted by Gasteiger charge is 2.31. The average molecular weight is 372 g/mol. The van der Waals surface area contributed by atoms with Gasteiger partial charge in [0.15, 0.2) is 17.4 Å². The molecule has 136 valence electrons. The van der Waals surface area contributed by atoms with Crippen molar-refractivity contribution in [1.29, 1.82) is 0 Å². The molecule has 1 aliphatic rings. The lowest BCUT2D eigenvalue weighted by Gasteiger charge is -2.14. The minimum Gasteiger partial charge on any atom is -0.355 e. The number of pyridine rings is 1. The molecule has 3 heterocycles. The van der Waals surface area contributed by atoms with E-state index >= 15 is 0 Å². The molecule has 1 fully saturated rings. The molecule has 1 aliphatic heterocycles. The standard InChI is InChI=1S/C15H19F3N6S/c1-19-14(20-7-11-3-2-6-25-11)21-8-13-23-22-12-5-4-10(9-24(12)13)15(16,17)18/h4-5,9,11H,2-3,6-8H2,1H3,(H2,19,20,21). The second kappa shape index (κ2) is 7.51. The second-order valence-corrected chi connectivity index (χ2v) is 7.11. The van der Waals surface area contributed by atoms with Gasteiger partial charge in [0, 0.05) is 25.0 Å². The Morgan fingerprint density at radius 2 is 2.20 bits per heavy atom. The zero-order valence-corrected chi connectivity index (χ0v) is 14.5. The van der Waals surface area contributed by atoms with Crippen LogP contribution in [0.15, 0.2) is 23.3 Å². The number of rotatable bonds is 4. The molecule has 1 saturated heterocycles. The number of thioether (sulfide) groups is 1. The molecule has 6 nitrogen and oxygen atoms in total. The number of aliphatic imine (C=N–C) groups is 1. The normalized spacial score (nSPS) is 18.7. The lowest BCUT2D eigenvalue weighted by Crippen LogP contribution is -2.40. The van der Waals surface area contributed by atoms with Crippen molar-refractivity contribution in [2.45, 2.75) is 30.8 Å². The number of fused-ring (bicyclic) bond motifs is 1. The van der Waals surface area contributed by atoms with Crippen molar-refractivity contribution in [3.8, 4) is 0 Å². The van der Waals surface area contributed by atoms with Crippen molar-refractivity contribution in [2.75, 3.05) is 19.3 Å². The second-order valence-electron chi connectivity index (χ2n) is 5.70. The summed E-state index contributed by atoms with van der Waals surface area (Å²) in [6, 6.07) is 2.31. The van der Waals surface area contributed by atoms with Gasteiger partial charge in [-0.15, -0.1) is 10.2 Å². The minimum absolute atomic E-state index is 0.222. The summed E-state index contributed by atoms with van der Waals surface area (Å²) >= 11 is 1.94. The molecule has 0 amide bonds. The minimum atomic E-state index is -4.40. The van der Waals surface area contributed by atoms with Gasteiger partial charge in [-0.1, -0.05) is 0 Å². The predicted molar refractivity (Wildman–Crippen MR) is 91.7 cm³/mol. The first kappa shape index (κ1) is 17.8. The molecule has 0 saturated carbocycles. The largest absolute Gasteiger partial charge is 0.417 e. The molecule has 10 heteroatoms. The van der Waals surface area contributed by atoms with E-state index in [0.29, 0.717) is 22.7 Å². The lowest BCUT2D eigenvalue weighted by molar-refractivity contribution is -0.137. The van der Waals surface area contributed by atoms with Gasteiger partial charge in [0.25, 0.3) is 0 Å². The van der Waals surface area contributed by atoms with Crippen molar-refractivity contribution in [1.82, 2.24) is 25.2 Å². The van der Waals surface area contributed by atoms with Gasteiger partial charge in [0.05, 0.1) is 12.1 Å². The van der Waals surface area contributed by atoms with Crippen LogP contribution in [0.1, 0.15) is 24.2 Å². The zero-order valence-electron chi connectivity index (χ0n) is 13.7. The van der Waals surface area contributed by atoms with Crippen molar-refractivity contribution in [2.24, 2.45) is 4.99 Å². The number of guanidine groups is 1.